The molecule has 30 heavy (non-hydrogen) atoms. The largest absolute Gasteiger partial charge is 0.277 e. The van der Waals surface area contributed by atoms with Gasteiger partial charge in [-0.3, -0.25) is 9.69 Å². The van der Waals surface area contributed by atoms with Crippen LogP contribution in [0.15, 0.2) is 60.7 Å². The van der Waals surface area contributed by atoms with E-state index < -0.39 is 11.2 Å². The summed E-state index contributed by atoms with van der Waals surface area (Å²) in [5, 5.41) is 0.547. The summed E-state index contributed by atoms with van der Waals surface area (Å²) in [7, 11) is 0. The number of nitrogens with zero attached hydrogens (tertiary/aromatic N) is 1. The Bertz CT molecular complexity index is 1150. The van der Waals surface area contributed by atoms with Crippen LogP contribution in [-0.2, 0) is 15.6 Å². The third kappa shape index (κ3) is 3.13. The summed E-state index contributed by atoms with van der Waals surface area (Å²) < 4.78 is 14.8. The highest BCUT2D eigenvalue weighted by atomic mass is 35.5. The number of benzene rings is 3. The number of hydrogen-bond acceptors (Lipinski definition) is 1. The molecule has 3 aromatic carbocycles. The van der Waals surface area contributed by atoms with Gasteiger partial charge in [0.05, 0.1) is 16.8 Å². The Balaban J connectivity index is 1.92. The van der Waals surface area contributed by atoms with E-state index in [0.29, 0.717) is 10.7 Å². The molecule has 1 amide bonds. The average molecular weight is 422 g/mol. The van der Waals surface area contributed by atoms with Crippen molar-refractivity contribution in [3.63, 3.8) is 0 Å². The normalized spacial score (nSPS) is 18.6. The van der Waals surface area contributed by atoms with Crippen LogP contribution in [0, 0.1) is 12.7 Å². The van der Waals surface area contributed by atoms with Crippen LogP contribution in [0.1, 0.15) is 49.9 Å². The van der Waals surface area contributed by atoms with Gasteiger partial charge in [0.2, 0.25) is 5.91 Å². The number of anilines is 2. The highest BCUT2D eigenvalue weighted by molar-refractivity contribution is 6.31. The Morgan fingerprint density at radius 2 is 1.60 bits per heavy atom. The molecular weight excluding hydrogens is 397 g/mol. The molecule has 154 valence electrons. The molecule has 0 aliphatic carbocycles. The lowest BCUT2D eigenvalue weighted by Gasteiger charge is -2.27. The molecule has 4 rings (SSSR count). The molecule has 0 saturated heterocycles. The molecule has 0 fully saturated rings. The van der Waals surface area contributed by atoms with E-state index in [4.69, 9.17) is 11.6 Å². The molecule has 0 N–H and O–H groups in total. The monoisotopic (exact) mass is 421 g/mol. The molecule has 0 bridgehead atoms. The molecular formula is C26H25ClFNO. The Morgan fingerprint density at radius 3 is 2.23 bits per heavy atom. The number of halogens is 2. The highest BCUT2D eigenvalue weighted by Gasteiger charge is 2.50. The van der Waals surface area contributed by atoms with Crippen molar-refractivity contribution < 1.29 is 9.18 Å². The average Bonchev–Trinajstić information content (AvgIpc) is 2.91. The topological polar surface area (TPSA) is 20.3 Å². The van der Waals surface area contributed by atoms with Crippen molar-refractivity contribution in [2.45, 2.75) is 45.4 Å². The summed E-state index contributed by atoms with van der Waals surface area (Å²) in [6, 6.07) is 18.3. The molecule has 3 aromatic rings. The highest BCUT2D eigenvalue weighted by Crippen LogP contribution is 2.50. The molecule has 2 nitrogen and oxygen atoms in total. The lowest BCUT2D eigenvalue weighted by molar-refractivity contribution is -0.120. The standard InChI is InChI=1S/C26H25ClFNO/c1-16-6-12-21(28)23(14-16)29-22-13-11-19(27)15-20(22)26(5,24(29)30)18-9-7-17(8-10-18)25(2,3)4/h6-15H,1-5H3. The van der Waals surface area contributed by atoms with E-state index in [1.165, 1.54) is 16.5 Å². The first-order chi connectivity index (χ1) is 14.0. The van der Waals surface area contributed by atoms with E-state index in [9.17, 15) is 9.18 Å². The smallest absolute Gasteiger partial charge is 0.246 e. The molecule has 4 heteroatoms. The maximum absolute atomic E-state index is 14.8. The number of amides is 1. The van der Waals surface area contributed by atoms with E-state index in [2.05, 4.69) is 32.9 Å². The van der Waals surface area contributed by atoms with Gasteiger partial charge >= 0.3 is 0 Å². The van der Waals surface area contributed by atoms with Gasteiger partial charge in [-0.25, -0.2) is 4.39 Å². The van der Waals surface area contributed by atoms with Crippen molar-refractivity contribution in [2.24, 2.45) is 0 Å². The van der Waals surface area contributed by atoms with Gasteiger partial charge in [0, 0.05) is 5.02 Å². The predicted octanol–water partition coefficient (Wildman–Crippen LogP) is 7.07. The number of hydrogen-bond donors (Lipinski definition) is 0. The first kappa shape index (κ1) is 20.6. The van der Waals surface area contributed by atoms with Gasteiger partial charge in [-0.15, -0.1) is 0 Å². The number of carbonyl (C=O) groups is 1. The van der Waals surface area contributed by atoms with Crippen LogP contribution in [0.4, 0.5) is 15.8 Å². The Labute approximate surface area is 182 Å². The summed E-state index contributed by atoms with van der Waals surface area (Å²) in [5.41, 5.74) is 3.69. The van der Waals surface area contributed by atoms with Crippen molar-refractivity contribution >= 4 is 28.9 Å². The third-order valence-corrected chi connectivity index (χ3v) is 6.27. The minimum Gasteiger partial charge on any atom is -0.277 e. The van der Waals surface area contributed by atoms with Crippen molar-refractivity contribution in [3.8, 4) is 0 Å². The molecule has 1 heterocycles. The number of aryl methyl sites for hydroxylation is 1. The lowest BCUT2D eigenvalue weighted by Crippen LogP contribution is -2.37. The van der Waals surface area contributed by atoms with Gasteiger partial charge in [0.25, 0.3) is 0 Å². The molecule has 0 aromatic heterocycles. The molecule has 0 saturated carbocycles. The fourth-order valence-electron chi connectivity index (χ4n) is 4.17. The van der Waals surface area contributed by atoms with Gasteiger partial charge in [0.1, 0.15) is 5.82 Å². The Hall–Kier alpha value is -2.65. The first-order valence-electron chi connectivity index (χ1n) is 10.1. The number of carbonyl (C=O) groups excluding carboxylic acids is 1. The van der Waals surface area contributed by atoms with Crippen LogP contribution in [0.25, 0.3) is 0 Å². The summed E-state index contributed by atoms with van der Waals surface area (Å²) in [6.07, 6.45) is 0. The summed E-state index contributed by atoms with van der Waals surface area (Å²) in [4.78, 5) is 15.3. The van der Waals surface area contributed by atoms with Gasteiger partial charge in [-0.2, -0.15) is 0 Å². The van der Waals surface area contributed by atoms with E-state index in [0.717, 1.165) is 16.7 Å². The zero-order valence-corrected chi connectivity index (χ0v) is 18.6. The van der Waals surface area contributed by atoms with Crippen molar-refractivity contribution in [1.82, 2.24) is 0 Å². The van der Waals surface area contributed by atoms with E-state index in [1.807, 2.05) is 32.0 Å². The SMILES string of the molecule is Cc1ccc(F)c(N2C(=O)C(C)(c3ccc(C(C)(C)C)cc3)c3cc(Cl)ccc32)c1. The summed E-state index contributed by atoms with van der Waals surface area (Å²) in [6.45, 7) is 10.2. The van der Waals surface area contributed by atoms with Crippen molar-refractivity contribution in [2.75, 3.05) is 4.90 Å². The summed E-state index contributed by atoms with van der Waals surface area (Å²) >= 11 is 6.32. The fourth-order valence-corrected chi connectivity index (χ4v) is 4.34. The van der Waals surface area contributed by atoms with E-state index >= 15 is 0 Å². The Kier molecular flexibility index (Phi) is 4.78. The van der Waals surface area contributed by atoms with Crippen LogP contribution in [0.3, 0.4) is 0 Å². The van der Waals surface area contributed by atoms with E-state index in [-0.39, 0.29) is 17.0 Å². The lowest BCUT2D eigenvalue weighted by atomic mass is 9.76. The fraction of sp³-hybridized carbons (Fsp3) is 0.269. The molecule has 1 aliphatic heterocycles. The maximum atomic E-state index is 14.8. The second-order valence-electron chi connectivity index (χ2n) is 9.21. The van der Waals surface area contributed by atoms with Gasteiger partial charge in [-0.1, -0.05) is 62.7 Å². The van der Waals surface area contributed by atoms with Crippen molar-refractivity contribution in [1.29, 1.82) is 0 Å². The molecule has 0 radical (unpaired) electrons. The summed E-state index contributed by atoms with van der Waals surface area (Å²) in [5.74, 6) is -0.616. The van der Waals surface area contributed by atoms with Gasteiger partial charge in [0.15, 0.2) is 0 Å². The van der Waals surface area contributed by atoms with Crippen LogP contribution in [0.5, 0.6) is 0 Å². The predicted molar refractivity (Wildman–Crippen MR) is 121 cm³/mol. The third-order valence-electron chi connectivity index (χ3n) is 6.04. The van der Waals surface area contributed by atoms with Gasteiger partial charge < -0.3 is 0 Å². The maximum Gasteiger partial charge on any atom is 0.246 e. The number of fused-ring (bicyclic) bond motifs is 1. The van der Waals surface area contributed by atoms with Crippen LogP contribution in [0.2, 0.25) is 5.02 Å². The quantitative estimate of drug-likeness (QED) is 0.433. The van der Waals surface area contributed by atoms with Crippen LogP contribution >= 0.6 is 11.6 Å². The van der Waals surface area contributed by atoms with E-state index in [1.54, 1.807) is 24.3 Å². The van der Waals surface area contributed by atoms with Crippen LogP contribution in [-0.4, -0.2) is 5.91 Å². The Morgan fingerprint density at radius 1 is 0.933 bits per heavy atom. The molecule has 0 spiro atoms. The second kappa shape index (κ2) is 6.95. The minimum absolute atomic E-state index is 0.0110. The molecule has 1 unspecified atom stereocenters. The molecule has 1 aliphatic rings. The zero-order valence-electron chi connectivity index (χ0n) is 17.9. The number of rotatable bonds is 2. The zero-order chi connectivity index (χ0) is 21.8. The molecule has 1 atom stereocenters. The van der Waals surface area contributed by atoms with Crippen LogP contribution < -0.4 is 4.90 Å². The second-order valence-corrected chi connectivity index (χ2v) is 9.65. The minimum atomic E-state index is -0.965. The van der Waals surface area contributed by atoms with Crippen molar-refractivity contribution in [3.05, 3.63) is 93.8 Å². The van der Waals surface area contributed by atoms with Gasteiger partial charge in [-0.05, 0) is 71.8 Å². The first-order valence-corrected chi connectivity index (χ1v) is 10.4.